The van der Waals surface area contributed by atoms with Gasteiger partial charge in [0.05, 0.1) is 11.4 Å². The molecule has 0 bridgehead atoms. The van der Waals surface area contributed by atoms with E-state index in [4.69, 9.17) is 5.32 Å². The van der Waals surface area contributed by atoms with Crippen LogP contribution in [0.1, 0.15) is 66.5 Å². The molecule has 1 aliphatic heterocycles. The third-order valence-electron chi connectivity index (χ3n) is 6.11. The first-order valence-corrected chi connectivity index (χ1v) is 14.5. The quantitative estimate of drug-likeness (QED) is 0.319. The van der Waals surface area contributed by atoms with Crippen LogP contribution in [-0.4, -0.2) is 22.6 Å². The van der Waals surface area contributed by atoms with Crippen molar-refractivity contribution in [3.05, 3.63) is 47.5 Å². The molecule has 0 amide bonds. The lowest BCUT2D eigenvalue weighted by atomic mass is 10.0. The normalized spacial score (nSPS) is 13.2. The maximum Gasteiger partial charge on any atom is 0.0751 e. The lowest BCUT2D eigenvalue weighted by Gasteiger charge is -2.27. The fourth-order valence-electron chi connectivity index (χ4n) is 4.56. The number of hydrogen-bond acceptors (Lipinski definition) is 0. The van der Waals surface area contributed by atoms with E-state index in [0.29, 0.717) is 0 Å². The van der Waals surface area contributed by atoms with Crippen LogP contribution in [0.25, 0.3) is 11.1 Å². The summed E-state index contributed by atoms with van der Waals surface area (Å²) in [4.78, 5) is 0. The fourth-order valence-corrected chi connectivity index (χ4v) is 9.71. The summed E-state index contributed by atoms with van der Waals surface area (Å²) in [5.41, 5.74) is 11.1. The number of benzene rings is 2. The van der Waals surface area contributed by atoms with Crippen molar-refractivity contribution in [3.8, 4) is 11.1 Å². The van der Waals surface area contributed by atoms with Crippen LogP contribution in [0.2, 0.25) is 0 Å². The Kier molecular flexibility index (Phi) is 7.46. The first-order chi connectivity index (χ1) is 13.7. The summed E-state index contributed by atoms with van der Waals surface area (Å²) in [6.07, 6.45) is 2.37. The highest BCUT2D eigenvalue weighted by atomic mass is 31.1. The third kappa shape index (κ3) is 4.89. The highest BCUT2D eigenvalue weighted by Gasteiger charge is 2.28. The summed E-state index contributed by atoms with van der Waals surface area (Å²) < 4.78 is 0. The Hall–Kier alpha value is -0.900. The Morgan fingerprint density at radius 1 is 0.586 bits per heavy atom. The van der Waals surface area contributed by atoms with Crippen LogP contribution < -0.4 is 5.32 Å². The molecular formula is C26H38NP2. The second kappa shape index (κ2) is 9.49. The largest absolute Gasteiger partial charge is 0.247 e. The van der Waals surface area contributed by atoms with Gasteiger partial charge in [0, 0.05) is 11.1 Å². The third-order valence-corrected chi connectivity index (χ3v) is 12.8. The number of nitrogens with zero attached hydrogens (tertiary/aromatic N) is 1. The van der Waals surface area contributed by atoms with Gasteiger partial charge in [-0.05, 0) is 46.1 Å². The predicted molar refractivity (Wildman–Crippen MR) is 135 cm³/mol. The van der Waals surface area contributed by atoms with Crippen molar-refractivity contribution >= 4 is 27.2 Å². The Bertz CT molecular complexity index is 753. The number of hydrogen-bond donors (Lipinski definition) is 0. The van der Waals surface area contributed by atoms with Gasteiger partial charge in [-0.3, -0.25) is 0 Å². The van der Waals surface area contributed by atoms with E-state index in [1.165, 1.54) is 46.0 Å². The van der Waals surface area contributed by atoms with Crippen molar-refractivity contribution < 1.29 is 0 Å². The molecule has 0 aromatic heterocycles. The van der Waals surface area contributed by atoms with E-state index in [0.717, 1.165) is 22.6 Å². The predicted octanol–water partition coefficient (Wildman–Crippen LogP) is 8.83. The van der Waals surface area contributed by atoms with Gasteiger partial charge in [0.2, 0.25) is 0 Å². The van der Waals surface area contributed by atoms with Crippen molar-refractivity contribution in [2.75, 3.05) is 0 Å². The molecule has 1 nitrogen and oxygen atoms in total. The Morgan fingerprint density at radius 3 is 1.24 bits per heavy atom. The minimum absolute atomic E-state index is 0.0331. The van der Waals surface area contributed by atoms with Gasteiger partial charge in [0.1, 0.15) is 0 Å². The van der Waals surface area contributed by atoms with Crippen LogP contribution in [0, 0.1) is 0 Å². The molecule has 1 radical (unpaired) electrons. The first kappa shape index (κ1) is 22.8. The van der Waals surface area contributed by atoms with Crippen LogP contribution in [0.5, 0.6) is 0 Å². The summed E-state index contributed by atoms with van der Waals surface area (Å²) in [6, 6.07) is 13.7. The number of rotatable bonds is 8. The van der Waals surface area contributed by atoms with Crippen molar-refractivity contribution in [1.82, 2.24) is 5.32 Å². The van der Waals surface area contributed by atoms with Crippen molar-refractivity contribution in [1.29, 1.82) is 0 Å². The highest BCUT2D eigenvalue weighted by molar-refractivity contribution is 7.58. The maximum atomic E-state index is 5.28. The molecule has 29 heavy (non-hydrogen) atoms. The van der Waals surface area contributed by atoms with Gasteiger partial charge in [-0.1, -0.05) is 108 Å². The van der Waals surface area contributed by atoms with Crippen molar-refractivity contribution in [2.45, 2.75) is 90.3 Å². The van der Waals surface area contributed by atoms with Crippen molar-refractivity contribution in [2.24, 2.45) is 0 Å². The zero-order valence-electron chi connectivity index (χ0n) is 19.5. The average Bonchev–Trinajstić information content (AvgIpc) is 3.03. The van der Waals surface area contributed by atoms with Crippen LogP contribution in [-0.2, 0) is 12.3 Å². The van der Waals surface area contributed by atoms with Gasteiger partial charge >= 0.3 is 0 Å². The van der Waals surface area contributed by atoms with Crippen LogP contribution >= 0.6 is 15.8 Å². The highest BCUT2D eigenvalue weighted by Crippen LogP contribution is 2.55. The van der Waals surface area contributed by atoms with Gasteiger partial charge < -0.3 is 0 Å². The average molecular weight is 427 g/mol. The Morgan fingerprint density at radius 2 is 0.931 bits per heavy atom. The summed E-state index contributed by atoms with van der Waals surface area (Å²) >= 11 is 0. The molecule has 0 fully saturated rings. The smallest absolute Gasteiger partial charge is 0.0751 e. The minimum atomic E-state index is -0.0331. The van der Waals surface area contributed by atoms with Gasteiger partial charge in [0.25, 0.3) is 0 Å². The Labute approximate surface area is 181 Å². The van der Waals surface area contributed by atoms with Crippen molar-refractivity contribution in [3.63, 3.8) is 0 Å². The van der Waals surface area contributed by atoms with E-state index in [1.807, 2.05) is 0 Å². The monoisotopic (exact) mass is 426 g/mol. The van der Waals surface area contributed by atoms with E-state index in [2.05, 4.69) is 91.8 Å². The molecule has 0 unspecified atom stereocenters. The van der Waals surface area contributed by atoms with Crippen LogP contribution in [0.3, 0.4) is 0 Å². The van der Waals surface area contributed by atoms with Crippen LogP contribution in [0.15, 0.2) is 36.4 Å². The molecule has 157 valence electrons. The molecule has 3 heteroatoms. The molecule has 0 N–H and O–H groups in total. The molecule has 1 aliphatic rings. The van der Waals surface area contributed by atoms with Gasteiger partial charge in [-0.2, -0.15) is 0 Å². The molecule has 2 aromatic carbocycles. The second-order valence-electron chi connectivity index (χ2n) is 9.46. The van der Waals surface area contributed by atoms with Crippen LogP contribution in [0.4, 0.5) is 11.4 Å². The Balaban J connectivity index is 1.95. The van der Waals surface area contributed by atoms with E-state index >= 15 is 0 Å². The minimum Gasteiger partial charge on any atom is -0.247 e. The fraction of sp³-hybridized carbons (Fsp3) is 0.538. The molecule has 0 spiro atoms. The molecule has 0 aliphatic carbocycles. The van der Waals surface area contributed by atoms with Gasteiger partial charge in [-0.15, -0.1) is 0 Å². The van der Waals surface area contributed by atoms with E-state index in [-0.39, 0.29) is 15.8 Å². The van der Waals surface area contributed by atoms with E-state index in [1.54, 1.807) is 0 Å². The molecule has 1 heterocycles. The molecule has 2 aromatic rings. The number of para-hydroxylation sites is 2. The molecule has 0 saturated heterocycles. The molecule has 0 saturated carbocycles. The zero-order valence-corrected chi connectivity index (χ0v) is 21.3. The molecule has 0 atom stereocenters. The van der Waals surface area contributed by atoms with E-state index in [9.17, 15) is 0 Å². The summed E-state index contributed by atoms with van der Waals surface area (Å²) in [5.74, 6) is 0. The van der Waals surface area contributed by atoms with Gasteiger partial charge in [0.15, 0.2) is 0 Å². The number of fused-ring (bicyclic) bond motifs is 3. The lowest BCUT2D eigenvalue weighted by molar-refractivity contribution is 0.992. The standard InChI is InChI=1S/C26H38NP2/c1-17(2)28(18(3)4)15-21-11-9-13-23-24-14-10-12-22(26(24)27-25(21)23)16-29(19(5)6)20(7)8/h9-14,17-20H,15-16H2,1-8H3. The summed E-state index contributed by atoms with van der Waals surface area (Å²) in [5, 5.41) is 5.28. The summed E-state index contributed by atoms with van der Waals surface area (Å²) in [7, 11) is -0.0662. The molecular weight excluding hydrogens is 388 g/mol. The zero-order chi connectivity index (χ0) is 21.3. The maximum absolute atomic E-state index is 5.28. The molecule has 3 rings (SSSR count). The first-order valence-electron chi connectivity index (χ1n) is 11.2. The second-order valence-corrected chi connectivity index (χ2v) is 16.3. The topological polar surface area (TPSA) is 14.1 Å². The van der Waals surface area contributed by atoms with Gasteiger partial charge in [-0.25, -0.2) is 5.32 Å². The lowest BCUT2D eigenvalue weighted by Crippen LogP contribution is -2.07. The SMILES string of the molecule is CC(C)P(Cc1cccc2c1[N]c1c(CP(C(C)C)C(C)C)cccc1-2)C(C)C. The van der Waals surface area contributed by atoms with E-state index < -0.39 is 0 Å². The summed E-state index contributed by atoms with van der Waals surface area (Å²) in [6.45, 7) is 19.1.